The molecule has 0 atom stereocenters. The second kappa shape index (κ2) is 7.13. The van der Waals surface area contributed by atoms with Crippen LogP contribution >= 0.6 is 0 Å². The van der Waals surface area contributed by atoms with Crippen LogP contribution in [0.4, 0.5) is 10.6 Å². The van der Waals surface area contributed by atoms with Crippen molar-refractivity contribution in [3.8, 4) is 5.88 Å². The van der Waals surface area contributed by atoms with Gasteiger partial charge in [-0.3, -0.25) is 5.32 Å². The number of nitrogens with zero attached hydrogens (tertiary/aromatic N) is 2. The predicted octanol–water partition coefficient (Wildman–Crippen LogP) is 3.02. The van der Waals surface area contributed by atoms with Gasteiger partial charge < -0.3 is 14.6 Å². The third-order valence-electron chi connectivity index (χ3n) is 3.71. The van der Waals surface area contributed by atoms with E-state index < -0.39 is 0 Å². The van der Waals surface area contributed by atoms with Gasteiger partial charge in [0.15, 0.2) is 5.82 Å². The van der Waals surface area contributed by atoms with Gasteiger partial charge in [0.05, 0.1) is 0 Å². The fourth-order valence-corrected chi connectivity index (χ4v) is 2.57. The van der Waals surface area contributed by atoms with Crippen molar-refractivity contribution in [2.45, 2.75) is 45.3 Å². The highest BCUT2D eigenvalue weighted by Crippen LogP contribution is 2.23. The molecule has 3 rings (SSSR count). The van der Waals surface area contributed by atoms with Gasteiger partial charge in [-0.15, -0.1) is 0 Å². The van der Waals surface area contributed by atoms with Crippen molar-refractivity contribution >= 4 is 11.8 Å². The summed E-state index contributed by atoms with van der Waals surface area (Å²) in [6, 6.07) is 5.02. The van der Waals surface area contributed by atoms with Crippen molar-refractivity contribution in [3.05, 3.63) is 35.7 Å². The van der Waals surface area contributed by atoms with E-state index in [-0.39, 0.29) is 12.1 Å². The first-order chi connectivity index (χ1) is 11.2. The first-order valence-electron chi connectivity index (χ1n) is 7.79. The van der Waals surface area contributed by atoms with E-state index in [4.69, 9.17) is 9.26 Å². The molecule has 2 amide bonds. The zero-order valence-electron chi connectivity index (χ0n) is 13.0. The van der Waals surface area contributed by atoms with Crippen molar-refractivity contribution in [1.29, 1.82) is 0 Å². The topological polar surface area (TPSA) is 89.3 Å². The number of aromatic nitrogens is 2. The van der Waals surface area contributed by atoms with Gasteiger partial charge in [0.1, 0.15) is 11.9 Å². The Morgan fingerprint density at radius 3 is 2.96 bits per heavy atom. The molecular weight excluding hydrogens is 296 g/mol. The molecule has 0 radical (unpaired) electrons. The maximum absolute atomic E-state index is 11.8. The van der Waals surface area contributed by atoms with Crippen LogP contribution < -0.4 is 15.4 Å². The number of nitrogens with one attached hydrogen (secondary N) is 2. The molecule has 2 heterocycles. The van der Waals surface area contributed by atoms with Gasteiger partial charge in [0.25, 0.3) is 0 Å². The first-order valence-corrected chi connectivity index (χ1v) is 7.79. The SMILES string of the molecule is Cc1cc(NC(=O)NCc2ccnc(OC3CCCC3)c2)no1. The maximum Gasteiger partial charge on any atom is 0.320 e. The van der Waals surface area contributed by atoms with Gasteiger partial charge in [-0.1, -0.05) is 5.16 Å². The van der Waals surface area contributed by atoms with E-state index in [0.717, 1.165) is 18.4 Å². The minimum Gasteiger partial charge on any atom is -0.474 e. The number of amides is 2. The summed E-state index contributed by atoms with van der Waals surface area (Å²) >= 11 is 0. The molecule has 2 N–H and O–H groups in total. The van der Waals surface area contributed by atoms with Gasteiger partial charge >= 0.3 is 6.03 Å². The highest BCUT2D eigenvalue weighted by molar-refractivity contribution is 5.88. The molecule has 122 valence electrons. The molecule has 0 saturated heterocycles. The van der Waals surface area contributed by atoms with Crippen LogP contribution in [-0.4, -0.2) is 22.3 Å². The number of pyridine rings is 1. The number of ether oxygens (including phenoxy) is 1. The summed E-state index contributed by atoms with van der Waals surface area (Å²) < 4.78 is 10.7. The second-order valence-corrected chi connectivity index (χ2v) is 5.66. The molecule has 0 aromatic carbocycles. The molecule has 0 bridgehead atoms. The summed E-state index contributed by atoms with van der Waals surface area (Å²) in [5.74, 6) is 1.65. The van der Waals surface area contributed by atoms with Crippen LogP contribution in [0.3, 0.4) is 0 Å². The Labute approximate surface area is 134 Å². The smallest absolute Gasteiger partial charge is 0.320 e. The van der Waals surface area contributed by atoms with Crippen molar-refractivity contribution < 1.29 is 14.1 Å². The lowest BCUT2D eigenvalue weighted by molar-refractivity contribution is 0.201. The summed E-state index contributed by atoms with van der Waals surface area (Å²) in [6.45, 7) is 2.14. The molecule has 0 spiro atoms. The van der Waals surface area contributed by atoms with Crippen molar-refractivity contribution in [2.24, 2.45) is 0 Å². The van der Waals surface area contributed by atoms with Crippen LogP contribution in [0.5, 0.6) is 5.88 Å². The summed E-state index contributed by atoms with van der Waals surface area (Å²) in [4.78, 5) is 16.0. The molecule has 0 unspecified atom stereocenters. The number of anilines is 1. The molecule has 7 heteroatoms. The number of hydrogen-bond donors (Lipinski definition) is 2. The Morgan fingerprint density at radius 2 is 2.22 bits per heavy atom. The lowest BCUT2D eigenvalue weighted by atomic mass is 10.2. The van der Waals surface area contributed by atoms with Gasteiger partial charge in [-0.25, -0.2) is 9.78 Å². The number of aryl methyl sites for hydroxylation is 1. The van der Waals surface area contributed by atoms with Crippen molar-refractivity contribution in [1.82, 2.24) is 15.5 Å². The van der Waals surface area contributed by atoms with E-state index in [1.54, 1.807) is 19.2 Å². The van der Waals surface area contributed by atoms with Gasteiger partial charge in [0.2, 0.25) is 5.88 Å². The van der Waals surface area contributed by atoms with E-state index in [2.05, 4.69) is 20.8 Å². The van der Waals surface area contributed by atoms with Crippen LogP contribution in [0.1, 0.15) is 37.0 Å². The van der Waals surface area contributed by atoms with E-state index in [1.807, 2.05) is 12.1 Å². The molecule has 1 saturated carbocycles. The number of rotatable bonds is 5. The van der Waals surface area contributed by atoms with Crippen LogP contribution in [-0.2, 0) is 6.54 Å². The quantitative estimate of drug-likeness (QED) is 0.885. The van der Waals surface area contributed by atoms with Crippen LogP contribution in [0.15, 0.2) is 28.9 Å². The molecule has 1 aliphatic rings. The molecular formula is C16H20N4O3. The monoisotopic (exact) mass is 316 g/mol. The number of hydrogen-bond acceptors (Lipinski definition) is 5. The fourth-order valence-electron chi connectivity index (χ4n) is 2.57. The van der Waals surface area contributed by atoms with Gasteiger partial charge in [-0.05, 0) is 44.2 Å². The average Bonchev–Trinajstić information content (AvgIpc) is 3.18. The molecule has 0 aliphatic heterocycles. The van der Waals surface area contributed by atoms with Crippen LogP contribution in [0.2, 0.25) is 0 Å². The highest BCUT2D eigenvalue weighted by atomic mass is 16.5. The number of carbonyl (C=O) groups is 1. The van der Waals surface area contributed by atoms with E-state index in [1.165, 1.54) is 12.8 Å². The maximum atomic E-state index is 11.8. The molecule has 23 heavy (non-hydrogen) atoms. The standard InChI is InChI=1S/C16H20N4O3/c1-11-8-14(20-23-11)19-16(21)18-10-12-6-7-17-15(9-12)22-13-4-2-3-5-13/h6-9,13H,2-5,10H2,1H3,(H2,18,19,20,21). The Hall–Kier alpha value is -2.57. The first kappa shape index (κ1) is 15.3. The third-order valence-corrected chi connectivity index (χ3v) is 3.71. The minimum atomic E-state index is -0.339. The summed E-state index contributed by atoms with van der Waals surface area (Å²) in [6.07, 6.45) is 6.57. The summed E-state index contributed by atoms with van der Waals surface area (Å²) in [5, 5.41) is 9.07. The largest absolute Gasteiger partial charge is 0.474 e. The number of urea groups is 1. The summed E-state index contributed by atoms with van der Waals surface area (Å²) in [7, 11) is 0. The molecule has 2 aromatic rings. The Bertz CT molecular complexity index is 665. The molecule has 1 fully saturated rings. The highest BCUT2D eigenvalue weighted by Gasteiger charge is 2.17. The van der Waals surface area contributed by atoms with Gasteiger partial charge in [-0.2, -0.15) is 0 Å². The Balaban J connectivity index is 1.50. The Morgan fingerprint density at radius 1 is 1.39 bits per heavy atom. The molecule has 2 aromatic heterocycles. The van der Waals surface area contributed by atoms with E-state index in [0.29, 0.717) is 24.0 Å². The molecule has 7 nitrogen and oxygen atoms in total. The molecule has 1 aliphatic carbocycles. The van der Waals surface area contributed by atoms with E-state index >= 15 is 0 Å². The third kappa shape index (κ3) is 4.45. The predicted molar refractivity (Wildman–Crippen MR) is 84.2 cm³/mol. The van der Waals surface area contributed by atoms with Crippen LogP contribution in [0, 0.1) is 6.92 Å². The summed E-state index contributed by atoms with van der Waals surface area (Å²) in [5.41, 5.74) is 0.930. The van der Waals surface area contributed by atoms with Crippen molar-refractivity contribution in [2.75, 3.05) is 5.32 Å². The average molecular weight is 316 g/mol. The number of carbonyl (C=O) groups excluding carboxylic acids is 1. The van der Waals surface area contributed by atoms with Crippen molar-refractivity contribution in [3.63, 3.8) is 0 Å². The minimum absolute atomic E-state index is 0.268. The normalized spacial score (nSPS) is 14.7. The fraction of sp³-hybridized carbons (Fsp3) is 0.438. The van der Waals surface area contributed by atoms with Gasteiger partial charge in [0, 0.05) is 24.9 Å². The zero-order valence-corrected chi connectivity index (χ0v) is 13.0. The lowest BCUT2D eigenvalue weighted by Crippen LogP contribution is -2.28. The second-order valence-electron chi connectivity index (χ2n) is 5.66. The van der Waals surface area contributed by atoms with Crippen LogP contribution in [0.25, 0.3) is 0 Å². The lowest BCUT2D eigenvalue weighted by Gasteiger charge is -2.13. The van der Waals surface area contributed by atoms with E-state index in [9.17, 15) is 4.79 Å². The Kier molecular flexibility index (Phi) is 4.75. The zero-order chi connectivity index (χ0) is 16.1.